The van der Waals surface area contributed by atoms with Gasteiger partial charge in [0.25, 0.3) is 11.8 Å². The number of benzene rings is 2. The monoisotopic (exact) mass is 408 g/mol. The number of rotatable bonds is 7. The molecule has 30 heavy (non-hydrogen) atoms. The number of amides is 2. The number of hydrogen-bond acceptors (Lipinski definition) is 3. The summed E-state index contributed by atoms with van der Waals surface area (Å²) in [7, 11) is 0. The minimum Gasteiger partial charge on any atom is -0.350 e. The van der Waals surface area contributed by atoms with Crippen molar-refractivity contribution < 1.29 is 14.0 Å². The van der Waals surface area contributed by atoms with Crippen LogP contribution in [0.4, 0.5) is 4.39 Å². The molecular weight excluding hydrogens is 383 g/mol. The standard InChI is InChI=1S/C23H25FN4O2/c1-15(2)21-19(14-27-28(21)17-10-8-16(3)9-11-17)23(30)26-13-12-25-22(29)18-6-4-5-7-20(18)24/h4-11,14-15H,12-13H2,1-3H3,(H,25,29)(H,26,30). The smallest absolute Gasteiger partial charge is 0.254 e. The molecular formula is C23H25FN4O2. The zero-order chi connectivity index (χ0) is 21.7. The van der Waals surface area contributed by atoms with Gasteiger partial charge in [-0.05, 0) is 37.1 Å². The molecule has 3 aromatic rings. The third-order valence-corrected chi connectivity index (χ3v) is 4.69. The maximum absolute atomic E-state index is 13.6. The first-order chi connectivity index (χ1) is 14.4. The van der Waals surface area contributed by atoms with Crippen LogP contribution in [0.2, 0.25) is 0 Å². The molecule has 0 unspecified atom stereocenters. The Kier molecular flexibility index (Phi) is 6.61. The number of nitrogens with one attached hydrogen (secondary N) is 2. The number of halogens is 1. The van der Waals surface area contributed by atoms with Gasteiger partial charge < -0.3 is 10.6 Å². The number of hydrogen-bond donors (Lipinski definition) is 2. The summed E-state index contributed by atoms with van der Waals surface area (Å²) < 4.78 is 15.4. The summed E-state index contributed by atoms with van der Waals surface area (Å²) in [5, 5.41) is 9.80. The van der Waals surface area contributed by atoms with Crippen molar-refractivity contribution in [2.24, 2.45) is 0 Å². The second kappa shape index (κ2) is 9.35. The molecule has 2 amide bonds. The molecule has 0 radical (unpaired) electrons. The molecule has 0 bridgehead atoms. The number of aryl methyl sites for hydroxylation is 1. The van der Waals surface area contributed by atoms with Gasteiger partial charge in [-0.3, -0.25) is 9.59 Å². The Morgan fingerprint density at radius 3 is 2.17 bits per heavy atom. The Morgan fingerprint density at radius 1 is 0.967 bits per heavy atom. The minimum atomic E-state index is -0.580. The molecule has 2 aromatic carbocycles. The van der Waals surface area contributed by atoms with Crippen LogP contribution >= 0.6 is 0 Å². The van der Waals surface area contributed by atoms with E-state index in [1.807, 2.05) is 45.0 Å². The molecule has 0 aliphatic rings. The SMILES string of the molecule is Cc1ccc(-n2ncc(C(=O)NCCNC(=O)c3ccccc3F)c2C(C)C)cc1. The van der Waals surface area contributed by atoms with Crippen molar-refractivity contribution in [1.29, 1.82) is 0 Å². The zero-order valence-electron chi connectivity index (χ0n) is 17.3. The highest BCUT2D eigenvalue weighted by molar-refractivity contribution is 5.96. The average molecular weight is 408 g/mol. The minimum absolute atomic E-state index is 0.0229. The summed E-state index contributed by atoms with van der Waals surface area (Å²) >= 11 is 0. The van der Waals surface area contributed by atoms with Crippen LogP contribution in [-0.2, 0) is 0 Å². The molecule has 0 aliphatic carbocycles. The van der Waals surface area contributed by atoms with Crippen molar-refractivity contribution in [1.82, 2.24) is 20.4 Å². The Labute approximate surface area is 175 Å². The summed E-state index contributed by atoms with van der Waals surface area (Å²) in [6, 6.07) is 13.7. The molecule has 0 atom stereocenters. The molecule has 6 nitrogen and oxygen atoms in total. The molecule has 1 aromatic heterocycles. The van der Waals surface area contributed by atoms with Gasteiger partial charge in [-0.1, -0.05) is 43.7 Å². The highest BCUT2D eigenvalue weighted by Gasteiger charge is 2.20. The predicted molar refractivity (Wildman–Crippen MR) is 113 cm³/mol. The van der Waals surface area contributed by atoms with Crippen LogP contribution in [0.3, 0.4) is 0 Å². The van der Waals surface area contributed by atoms with E-state index in [0.29, 0.717) is 5.56 Å². The lowest BCUT2D eigenvalue weighted by atomic mass is 10.0. The van der Waals surface area contributed by atoms with Crippen molar-refractivity contribution in [2.75, 3.05) is 13.1 Å². The highest BCUT2D eigenvalue weighted by atomic mass is 19.1. The lowest BCUT2D eigenvalue weighted by Gasteiger charge is -2.13. The first-order valence-corrected chi connectivity index (χ1v) is 9.84. The van der Waals surface area contributed by atoms with E-state index < -0.39 is 11.7 Å². The van der Waals surface area contributed by atoms with Crippen LogP contribution in [0.5, 0.6) is 0 Å². The molecule has 0 spiro atoms. The number of nitrogens with zero attached hydrogens (tertiary/aromatic N) is 2. The summed E-state index contributed by atoms with van der Waals surface area (Å²) in [4.78, 5) is 24.7. The highest BCUT2D eigenvalue weighted by Crippen LogP contribution is 2.23. The van der Waals surface area contributed by atoms with Crippen LogP contribution in [0.15, 0.2) is 54.7 Å². The summed E-state index contributed by atoms with van der Waals surface area (Å²) in [5.41, 5.74) is 3.32. The maximum atomic E-state index is 13.6. The van der Waals surface area contributed by atoms with Crippen LogP contribution in [0.25, 0.3) is 5.69 Å². The topological polar surface area (TPSA) is 76.0 Å². The van der Waals surface area contributed by atoms with Gasteiger partial charge in [-0.15, -0.1) is 0 Å². The predicted octanol–water partition coefficient (Wildman–Crippen LogP) is 3.60. The van der Waals surface area contributed by atoms with Crippen LogP contribution in [0, 0.1) is 12.7 Å². The second-order valence-corrected chi connectivity index (χ2v) is 7.34. The molecule has 1 heterocycles. The van der Waals surface area contributed by atoms with Crippen LogP contribution in [-0.4, -0.2) is 34.7 Å². The first kappa shape index (κ1) is 21.2. The molecule has 0 saturated carbocycles. The summed E-state index contributed by atoms with van der Waals surface area (Å²) in [5.74, 6) is -1.28. The number of carbonyl (C=O) groups is 2. The maximum Gasteiger partial charge on any atom is 0.254 e. The summed E-state index contributed by atoms with van der Waals surface area (Å²) in [6.45, 7) is 6.43. The molecule has 7 heteroatoms. The lowest BCUT2D eigenvalue weighted by Crippen LogP contribution is -2.35. The second-order valence-electron chi connectivity index (χ2n) is 7.34. The third-order valence-electron chi connectivity index (χ3n) is 4.69. The van der Waals surface area contributed by atoms with Crippen LogP contribution < -0.4 is 10.6 Å². The molecule has 0 fully saturated rings. The molecule has 156 valence electrons. The fraction of sp³-hybridized carbons (Fsp3) is 0.261. The van der Waals surface area contributed by atoms with Crippen molar-refractivity contribution in [3.63, 3.8) is 0 Å². The van der Waals surface area contributed by atoms with E-state index in [4.69, 9.17) is 0 Å². The van der Waals surface area contributed by atoms with Gasteiger partial charge in [0.05, 0.1) is 28.7 Å². The largest absolute Gasteiger partial charge is 0.350 e. The Morgan fingerprint density at radius 2 is 1.57 bits per heavy atom. The molecule has 3 rings (SSSR count). The average Bonchev–Trinajstić information content (AvgIpc) is 3.17. The van der Waals surface area contributed by atoms with Gasteiger partial charge in [0, 0.05) is 13.1 Å². The third kappa shape index (κ3) is 4.74. The van der Waals surface area contributed by atoms with E-state index in [0.717, 1.165) is 16.9 Å². The van der Waals surface area contributed by atoms with E-state index >= 15 is 0 Å². The Bertz CT molecular complexity index is 1040. The van der Waals surface area contributed by atoms with E-state index in [-0.39, 0.29) is 30.5 Å². The van der Waals surface area contributed by atoms with Crippen molar-refractivity contribution in [3.05, 3.63) is 82.9 Å². The van der Waals surface area contributed by atoms with Gasteiger partial charge in [0.1, 0.15) is 5.82 Å². The zero-order valence-corrected chi connectivity index (χ0v) is 17.3. The lowest BCUT2D eigenvalue weighted by molar-refractivity contribution is 0.0924. The fourth-order valence-corrected chi connectivity index (χ4v) is 3.17. The van der Waals surface area contributed by atoms with Gasteiger partial charge in [0.15, 0.2) is 0 Å². The molecule has 0 aliphatic heterocycles. The molecule has 2 N–H and O–H groups in total. The van der Waals surface area contributed by atoms with Gasteiger partial charge in [-0.2, -0.15) is 5.10 Å². The normalized spacial score (nSPS) is 10.8. The Hall–Kier alpha value is -3.48. The van der Waals surface area contributed by atoms with E-state index in [1.54, 1.807) is 16.9 Å². The van der Waals surface area contributed by atoms with E-state index in [9.17, 15) is 14.0 Å². The summed E-state index contributed by atoms with van der Waals surface area (Å²) in [6.07, 6.45) is 1.56. The van der Waals surface area contributed by atoms with E-state index in [1.165, 1.54) is 18.2 Å². The quantitative estimate of drug-likeness (QED) is 0.587. The van der Waals surface area contributed by atoms with Crippen LogP contribution in [0.1, 0.15) is 51.7 Å². The van der Waals surface area contributed by atoms with Gasteiger partial charge in [0.2, 0.25) is 0 Å². The Balaban J connectivity index is 1.63. The number of aromatic nitrogens is 2. The van der Waals surface area contributed by atoms with Gasteiger partial charge >= 0.3 is 0 Å². The number of carbonyl (C=O) groups excluding carboxylic acids is 2. The molecule has 0 saturated heterocycles. The van der Waals surface area contributed by atoms with Crippen molar-refractivity contribution in [2.45, 2.75) is 26.7 Å². The van der Waals surface area contributed by atoms with Crippen molar-refractivity contribution in [3.8, 4) is 5.69 Å². The van der Waals surface area contributed by atoms with Gasteiger partial charge in [-0.25, -0.2) is 9.07 Å². The fourth-order valence-electron chi connectivity index (χ4n) is 3.17. The van der Waals surface area contributed by atoms with Crippen molar-refractivity contribution >= 4 is 11.8 Å². The first-order valence-electron chi connectivity index (χ1n) is 9.84. The van der Waals surface area contributed by atoms with E-state index in [2.05, 4.69) is 15.7 Å².